The lowest BCUT2D eigenvalue weighted by atomic mass is 10.2. The second kappa shape index (κ2) is 8.76. The Morgan fingerprint density at radius 3 is 2.45 bits per heavy atom. The van der Waals surface area contributed by atoms with Gasteiger partial charge in [0.2, 0.25) is 0 Å². The second-order valence-electron chi connectivity index (χ2n) is 5.64. The number of hydrogen-bond donors (Lipinski definition) is 1. The first-order valence-electron chi connectivity index (χ1n) is 7.31. The summed E-state index contributed by atoms with van der Waals surface area (Å²) in [6, 6.07) is 8.06. The Morgan fingerprint density at radius 1 is 1.18 bits per heavy atom. The highest BCUT2D eigenvalue weighted by Crippen LogP contribution is 2.21. The van der Waals surface area contributed by atoms with Gasteiger partial charge < -0.3 is 14.6 Å². The van der Waals surface area contributed by atoms with Crippen molar-refractivity contribution >= 4 is 12.4 Å². The van der Waals surface area contributed by atoms with E-state index in [-0.39, 0.29) is 12.4 Å². The van der Waals surface area contributed by atoms with Gasteiger partial charge in [0.05, 0.1) is 6.61 Å². The van der Waals surface area contributed by atoms with Crippen molar-refractivity contribution < 1.29 is 9.26 Å². The van der Waals surface area contributed by atoms with Crippen molar-refractivity contribution in [2.24, 2.45) is 5.92 Å². The Labute approximate surface area is 137 Å². The smallest absolute Gasteiger partial charge is 0.257 e. The third-order valence-electron chi connectivity index (χ3n) is 3.13. The molecular formula is C16H24ClN3O2. The van der Waals surface area contributed by atoms with Crippen LogP contribution in [0, 0.1) is 5.92 Å². The van der Waals surface area contributed by atoms with Crippen LogP contribution in [0.25, 0.3) is 11.5 Å². The molecule has 1 aromatic heterocycles. The summed E-state index contributed by atoms with van der Waals surface area (Å²) < 4.78 is 11.0. The third kappa shape index (κ3) is 5.31. The quantitative estimate of drug-likeness (QED) is 0.846. The molecular weight excluding hydrogens is 302 g/mol. The molecule has 0 fully saturated rings. The Bertz CT molecular complexity index is 555. The number of nitrogens with zero attached hydrogens (tertiary/aromatic N) is 2. The number of hydrogen-bond acceptors (Lipinski definition) is 5. The molecule has 0 amide bonds. The lowest BCUT2D eigenvalue weighted by Gasteiger charge is -2.08. The lowest BCUT2D eigenvalue weighted by molar-refractivity contribution is 0.271. The van der Waals surface area contributed by atoms with Crippen molar-refractivity contribution in [2.75, 3.05) is 13.7 Å². The molecule has 122 valence electrons. The van der Waals surface area contributed by atoms with Crippen molar-refractivity contribution in [2.45, 2.75) is 33.2 Å². The fraction of sp³-hybridized carbons (Fsp3) is 0.500. The zero-order chi connectivity index (χ0) is 15.2. The maximum absolute atomic E-state index is 5.66. The highest BCUT2D eigenvalue weighted by atomic mass is 35.5. The van der Waals surface area contributed by atoms with Crippen LogP contribution in [-0.4, -0.2) is 29.8 Å². The van der Waals surface area contributed by atoms with Crippen LogP contribution in [0.1, 0.15) is 26.6 Å². The molecule has 0 saturated carbocycles. The van der Waals surface area contributed by atoms with Crippen LogP contribution in [0.2, 0.25) is 0 Å². The summed E-state index contributed by atoms with van der Waals surface area (Å²) >= 11 is 0. The van der Waals surface area contributed by atoms with Gasteiger partial charge in [0, 0.05) is 18.0 Å². The van der Waals surface area contributed by atoms with Crippen molar-refractivity contribution in [3.8, 4) is 17.2 Å². The van der Waals surface area contributed by atoms with Crippen LogP contribution >= 0.6 is 12.4 Å². The molecule has 0 aliphatic carbocycles. The summed E-state index contributed by atoms with van der Waals surface area (Å²) in [4.78, 5) is 4.41. The van der Waals surface area contributed by atoms with Gasteiger partial charge in [-0.2, -0.15) is 4.98 Å². The zero-order valence-electron chi connectivity index (χ0n) is 13.5. The number of aromatic nitrogens is 2. The molecule has 0 bridgehead atoms. The van der Waals surface area contributed by atoms with Gasteiger partial charge in [0.1, 0.15) is 5.75 Å². The van der Waals surface area contributed by atoms with Gasteiger partial charge in [-0.05, 0) is 44.2 Å². The molecule has 1 aromatic carbocycles. The van der Waals surface area contributed by atoms with Crippen molar-refractivity contribution in [3.63, 3.8) is 0 Å². The highest BCUT2D eigenvalue weighted by molar-refractivity contribution is 5.85. The minimum absolute atomic E-state index is 0. The zero-order valence-corrected chi connectivity index (χ0v) is 14.3. The SMILES string of the molecule is CNC(C)Cc1noc(-c2ccc(OCC(C)C)cc2)n1.Cl. The molecule has 0 aliphatic rings. The number of rotatable bonds is 7. The van der Waals surface area contributed by atoms with E-state index >= 15 is 0 Å². The van der Waals surface area contributed by atoms with Crippen molar-refractivity contribution in [3.05, 3.63) is 30.1 Å². The predicted octanol–water partition coefficient (Wildman–Crippen LogP) is 3.34. The van der Waals surface area contributed by atoms with Crippen LogP contribution in [0.3, 0.4) is 0 Å². The monoisotopic (exact) mass is 325 g/mol. The lowest BCUT2D eigenvalue weighted by Crippen LogP contribution is -2.24. The predicted molar refractivity (Wildman–Crippen MR) is 89.5 cm³/mol. The van der Waals surface area contributed by atoms with Crippen molar-refractivity contribution in [1.82, 2.24) is 15.5 Å². The number of halogens is 1. The van der Waals surface area contributed by atoms with Gasteiger partial charge in [0.25, 0.3) is 5.89 Å². The van der Waals surface area contributed by atoms with E-state index in [0.29, 0.717) is 30.3 Å². The van der Waals surface area contributed by atoms with E-state index in [2.05, 4.69) is 36.2 Å². The maximum Gasteiger partial charge on any atom is 0.257 e. The van der Waals surface area contributed by atoms with Gasteiger partial charge in [-0.3, -0.25) is 0 Å². The summed E-state index contributed by atoms with van der Waals surface area (Å²) in [5.41, 5.74) is 0.905. The molecule has 1 N–H and O–H groups in total. The van der Waals surface area contributed by atoms with Crippen LogP contribution in [0.5, 0.6) is 5.75 Å². The van der Waals surface area contributed by atoms with Gasteiger partial charge in [-0.15, -0.1) is 12.4 Å². The molecule has 0 spiro atoms. The van der Waals surface area contributed by atoms with E-state index < -0.39 is 0 Å². The Hall–Kier alpha value is -1.59. The number of ether oxygens (including phenoxy) is 1. The maximum atomic E-state index is 5.66. The van der Waals surface area contributed by atoms with E-state index in [0.717, 1.165) is 17.7 Å². The van der Waals surface area contributed by atoms with E-state index in [4.69, 9.17) is 9.26 Å². The van der Waals surface area contributed by atoms with E-state index in [1.165, 1.54) is 0 Å². The van der Waals surface area contributed by atoms with Gasteiger partial charge in [-0.1, -0.05) is 19.0 Å². The van der Waals surface area contributed by atoms with Crippen LogP contribution in [0.15, 0.2) is 28.8 Å². The molecule has 6 heteroatoms. The third-order valence-corrected chi connectivity index (χ3v) is 3.13. The minimum atomic E-state index is 0. The Balaban J connectivity index is 0.00000242. The fourth-order valence-electron chi connectivity index (χ4n) is 1.79. The van der Waals surface area contributed by atoms with Gasteiger partial charge in [-0.25, -0.2) is 0 Å². The van der Waals surface area contributed by atoms with Gasteiger partial charge >= 0.3 is 0 Å². The summed E-state index contributed by atoms with van der Waals surface area (Å²) in [7, 11) is 1.92. The van der Waals surface area contributed by atoms with Crippen LogP contribution < -0.4 is 10.1 Å². The van der Waals surface area contributed by atoms with E-state index in [1.807, 2.05) is 31.3 Å². The molecule has 1 heterocycles. The molecule has 2 aromatic rings. The molecule has 0 saturated heterocycles. The van der Waals surface area contributed by atoms with Gasteiger partial charge in [0.15, 0.2) is 5.82 Å². The van der Waals surface area contributed by atoms with E-state index in [9.17, 15) is 0 Å². The molecule has 5 nitrogen and oxygen atoms in total. The summed E-state index contributed by atoms with van der Waals surface area (Å²) in [6.07, 6.45) is 0.746. The Kier molecular flexibility index (Phi) is 7.35. The first-order chi connectivity index (χ1) is 10.1. The highest BCUT2D eigenvalue weighted by Gasteiger charge is 2.11. The van der Waals surface area contributed by atoms with Crippen LogP contribution in [-0.2, 0) is 6.42 Å². The van der Waals surface area contributed by atoms with Crippen LogP contribution in [0.4, 0.5) is 0 Å². The van der Waals surface area contributed by atoms with E-state index in [1.54, 1.807) is 0 Å². The second-order valence-corrected chi connectivity index (χ2v) is 5.64. The average Bonchev–Trinajstić information content (AvgIpc) is 2.94. The molecule has 2 rings (SSSR count). The Morgan fingerprint density at radius 2 is 1.86 bits per heavy atom. The molecule has 1 unspecified atom stereocenters. The normalized spacial score (nSPS) is 12.0. The first-order valence-corrected chi connectivity index (χ1v) is 7.31. The molecule has 22 heavy (non-hydrogen) atoms. The molecule has 0 aliphatic heterocycles. The fourth-order valence-corrected chi connectivity index (χ4v) is 1.79. The largest absolute Gasteiger partial charge is 0.493 e. The molecule has 0 radical (unpaired) electrons. The summed E-state index contributed by atoms with van der Waals surface area (Å²) in [5, 5.41) is 7.16. The average molecular weight is 326 g/mol. The minimum Gasteiger partial charge on any atom is -0.493 e. The standard InChI is InChI=1S/C16H23N3O2.ClH/c1-11(2)10-20-14-7-5-13(6-8-14)16-18-15(19-21-16)9-12(3)17-4;/h5-8,11-12,17H,9-10H2,1-4H3;1H. The molecule has 1 atom stereocenters. The van der Waals surface area contributed by atoms with Crippen molar-refractivity contribution in [1.29, 1.82) is 0 Å². The summed E-state index contributed by atoms with van der Waals surface area (Å²) in [6.45, 7) is 7.05. The number of benzene rings is 1. The number of likely N-dealkylation sites (N-methyl/N-ethyl adjacent to an activating group) is 1. The topological polar surface area (TPSA) is 60.2 Å². The summed E-state index contributed by atoms with van der Waals surface area (Å²) in [5.74, 6) is 2.63. The number of nitrogens with one attached hydrogen (secondary N) is 1. The first kappa shape index (κ1) is 18.5.